The summed E-state index contributed by atoms with van der Waals surface area (Å²) in [4.78, 5) is 18.8. The standard InChI is InChI=1S/C16H21N5O/c1-21-9-5-8-13(11-21)16(22)17-10-14-18-15(20-19-14)12-6-3-2-4-7-12/h2-4,6-7,13H,5,8-11H2,1H3,(H,17,22)(H,18,19,20)/t13-/m0/s1. The minimum Gasteiger partial charge on any atom is -0.349 e. The van der Waals surface area contributed by atoms with Crippen LogP contribution in [0.15, 0.2) is 30.3 Å². The van der Waals surface area contributed by atoms with E-state index in [1.807, 2.05) is 30.3 Å². The average molecular weight is 299 g/mol. The van der Waals surface area contributed by atoms with Gasteiger partial charge in [0, 0.05) is 12.1 Å². The first-order chi connectivity index (χ1) is 10.7. The molecule has 0 saturated carbocycles. The molecular formula is C16H21N5O. The predicted octanol–water partition coefficient (Wildman–Crippen LogP) is 1.43. The molecule has 6 heteroatoms. The third-order valence-corrected chi connectivity index (χ3v) is 3.99. The van der Waals surface area contributed by atoms with Gasteiger partial charge in [-0.1, -0.05) is 30.3 Å². The first-order valence-corrected chi connectivity index (χ1v) is 7.65. The van der Waals surface area contributed by atoms with Crippen molar-refractivity contribution < 1.29 is 4.79 Å². The van der Waals surface area contributed by atoms with Crippen LogP contribution in [0, 0.1) is 5.92 Å². The van der Waals surface area contributed by atoms with E-state index < -0.39 is 0 Å². The topological polar surface area (TPSA) is 73.9 Å². The molecule has 1 fully saturated rings. The molecule has 6 nitrogen and oxygen atoms in total. The summed E-state index contributed by atoms with van der Waals surface area (Å²) < 4.78 is 0. The van der Waals surface area contributed by atoms with Gasteiger partial charge in [-0.15, -0.1) is 0 Å². The van der Waals surface area contributed by atoms with E-state index >= 15 is 0 Å². The Bertz CT molecular complexity index is 624. The van der Waals surface area contributed by atoms with Crippen molar-refractivity contribution >= 4 is 5.91 Å². The lowest BCUT2D eigenvalue weighted by Crippen LogP contribution is -2.41. The number of hydrogen-bond donors (Lipinski definition) is 2. The quantitative estimate of drug-likeness (QED) is 0.895. The summed E-state index contributed by atoms with van der Waals surface area (Å²) in [6, 6.07) is 9.78. The van der Waals surface area contributed by atoms with E-state index in [0.717, 1.165) is 31.5 Å². The zero-order chi connectivity index (χ0) is 15.4. The lowest BCUT2D eigenvalue weighted by Gasteiger charge is -2.28. The smallest absolute Gasteiger partial charge is 0.224 e. The predicted molar refractivity (Wildman–Crippen MR) is 83.9 cm³/mol. The van der Waals surface area contributed by atoms with Crippen LogP contribution in [0.25, 0.3) is 11.4 Å². The number of rotatable bonds is 4. The molecule has 2 heterocycles. The number of nitrogens with one attached hydrogen (secondary N) is 2. The molecule has 3 rings (SSSR count). The Balaban J connectivity index is 1.56. The summed E-state index contributed by atoms with van der Waals surface area (Å²) in [6.07, 6.45) is 2.04. The maximum absolute atomic E-state index is 12.2. The van der Waals surface area contributed by atoms with Gasteiger partial charge in [0.05, 0.1) is 12.5 Å². The van der Waals surface area contributed by atoms with Gasteiger partial charge in [-0.05, 0) is 26.4 Å². The van der Waals surface area contributed by atoms with Crippen LogP contribution in [0.3, 0.4) is 0 Å². The van der Waals surface area contributed by atoms with E-state index in [2.05, 4.69) is 32.4 Å². The molecule has 1 saturated heterocycles. The largest absolute Gasteiger partial charge is 0.349 e. The summed E-state index contributed by atoms with van der Waals surface area (Å²) in [7, 11) is 2.06. The van der Waals surface area contributed by atoms with Crippen LogP contribution in [-0.2, 0) is 11.3 Å². The molecule has 1 aromatic carbocycles. The molecule has 116 valence electrons. The van der Waals surface area contributed by atoms with E-state index in [4.69, 9.17) is 0 Å². The van der Waals surface area contributed by atoms with Crippen molar-refractivity contribution in [3.05, 3.63) is 36.2 Å². The maximum Gasteiger partial charge on any atom is 0.224 e. The average Bonchev–Trinajstić information content (AvgIpc) is 3.02. The van der Waals surface area contributed by atoms with Crippen molar-refractivity contribution in [1.82, 2.24) is 25.4 Å². The maximum atomic E-state index is 12.2. The van der Waals surface area contributed by atoms with Gasteiger partial charge in [0.2, 0.25) is 5.91 Å². The molecule has 1 amide bonds. The van der Waals surface area contributed by atoms with Crippen LogP contribution in [0.4, 0.5) is 0 Å². The number of piperidine rings is 1. The Morgan fingerprint density at radius 1 is 1.41 bits per heavy atom. The summed E-state index contributed by atoms with van der Waals surface area (Å²) in [5, 5.41) is 10.0. The molecule has 0 aliphatic carbocycles. The normalized spacial score (nSPS) is 19.0. The Morgan fingerprint density at radius 2 is 2.23 bits per heavy atom. The highest BCUT2D eigenvalue weighted by Gasteiger charge is 2.23. The van der Waals surface area contributed by atoms with Gasteiger partial charge < -0.3 is 10.2 Å². The van der Waals surface area contributed by atoms with Gasteiger partial charge in [-0.3, -0.25) is 9.89 Å². The Hall–Kier alpha value is -2.21. The third kappa shape index (κ3) is 3.51. The molecule has 0 radical (unpaired) electrons. The number of hydrogen-bond acceptors (Lipinski definition) is 4. The summed E-state index contributed by atoms with van der Waals surface area (Å²) >= 11 is 0. The minimum atomic E-state index is 0.0789. The molecule has 0 unspecified atom stereocenters. The highest BCUT2D eigenvalue weighted by molar-refractivity contribution is 5.78. The van der Waals surface area contributed by atoms with Crippen LogP contribution in [0.5, 0.6) is 0 Å². The van der Waals surface area contributed by atoms with E-state index in [0.29, 0.717) is 18.2 Å². The lowest BCUT2D eigenvalue weighted by atomic mass is 9.98. The van der Waals surface area contributed by atoms with Crippen LogP contribution in [0.2, 0.25) is 0 Å². The number of benzene rings is 1. The molecule has 1 aliphatic heterocycles. The molecule has 1 aliphatic rings. The van der Waals surface area contributed by atoms with Crippen molar-refractivity contribution in [2.24, 2.45) is 5.92 Å². The fourth-order valence-electron chi connectivity index (χ4n) is 2.79. The van der Waals surface area contributed by atoms with Crippen molar-refractivity contribution in [3.63, 3.8) is 0 Å². The fourth-order valence-corrected chi connectivity index (χ4v) is 2.79. The van der Waals surface area contributed by atoms with E-state index in [1.54, 1.807) is 0 Å². The number of carbonyl (C=O) groups is 1. The van der Waals surface area contributed by atoms with Crippen LogP contribution in [0.1, 0.15) is 18.7 Å². The van der Waals surface area contributed by atoms with Crippen molar-refractivity contribution in [3.8, 4) is 11.4 Å². The highest BCUT2D eigenvalue weighted by atomic mass is 16.1. The molecule has 1 atom stereocenters. The zero-order valence-corrected chi connectivity index (χ0v) is 12.7. The SMILES string of the molecule is CN1CCC[C@H](C(=O)NCc2nc(-c3ccccc3)n[nH]2)C1. The monoisotopic (exact) mass is 299 g/mol. The second kappa shape index (κ2) is 6.70. The van der Waals surface area contributed by atoms with E-state index in [-0.39, 0.29) is 11.8 Å². The molecule has 2 aromatic rings. The van der Waals surface area contributed by atoms with Gasteiger partial charge in [0.25, 0.3) is 0 Å². The molecule has 1 aromatic heterocycles. The number of nitrogens with zero attached hydrogens (tertiary/aromatic N) is 3. The number of aromatic nitrogens is 3. The molecule has 22 heavy (non-hydrogen) atoms. The Kier molecular flexibility index (Phi) is 4.48. The summed E-state index contributed by atoms with van der Waals surface area (Å²) in [5.74, 6) is 1.51. The van der Waals surface area contributed by atoms with Crippen molar-refractivity contribution in [1.29, 1.82) is 0 Å². The lowest BCUT2D eigenvalue weighted by molar-refractivity contribution is -0.126. The van der Waals surface area contributed by atoms with E-state index in [9.17, 15) is 4.79 Å². The number of carbonyl (C=O) groups excluding carboxylic acids is 1. The summed E-state index contributed by atoms with van der Waals surface area (Å²) in [5.41, 5.74) is 0.963. The minimum absolute atomic E-state index is 0.0789. The van der Waals surface area contributed by atoms with Crippen LogP contribution < -0.4 is 5.32 Å². The molecule has 2 N–H and O–H groups in total. The first-order valence-electron chi connectivity index (χ1n) is 7.65. The molecule has 0 bridgehead atoms. The second-order valence-electron chi connectivity index (χ2n) is 5.79. The van der Waals surface area contributed by atoms with Gasteiger partial charge in [-0.2, -0.15) is 5.10 Å². The zero-order valence-electron chi connectivity index (χ0n) is 12.7. The first kappa shape index (κ1) is 14.7. The highest BCUT2D eigenvalue weighted by Crippen LogP contribution is 2.16. The summed E-state index contributed by atoms with van der Waals surface area (Å²) in [6.45, 7) is 2.29. The van der Waals surface area contributed by atoms with Crippen molar-refractivity contribution in [2.75, 3.05) is 20.1 Å². The van der Waals surface area contributed by atoms with Gasteiger partial charge in [0.1, 0.15) is 5.82 Å². The van der Waals surface area contributed by atoms with E-state index in [1.165, 1.54) is 0 Å². The molecular weight excluding hydrogens is 278 g/mol. The van der Waals surface area contributed by atoms with Gasteiger partial charge >= 0.3 is 0 Å². The number of aromatic amines is 1. The van der Waals surface area contributed by atoms with Crippen LogP contribution in [-0.4, -0.2) is 46.1 Å². The molecule has 0 spiro atoms. The Morgan fingerprint density at radius 3 is 3.00 bits per heavy atom. The number of likely N-dealkylation sites (tertiary alicyclic amines) is 1. The number of amides is 1. The van der Waals surface area contributed by atoms with Crippen LogP contribution >= 0.6 is 0 Å². The fraction of sp³-hybridized carbons (Fsp3) is 0.438. The van der Waals surface area contributed by atoms with Gasteiger partial charge in [0.15, 0.2) is 5.82 Å². The van der Waals surface area contributed by atoms with Crippen molar-refractivity contribution in [2.45, 2.75) is 19.4 Å². The second-order valence-corrected chi connectivity index (χ2v) is 5.79. The van der Waals surface area contributed by atoms with Gasteiger partial charge in [-0.25, -0.2) is 4.98 Å². The Labute approximate surface area is 129 Å². The number of H-pyrrole nitrogens is 1. The third-order valence-electron chi connectivity index (χ3n) is 3.99.